The Kier molecular flexibility index (Phi) is 6.53. The van der Waals surface area contributed by atoms with Crippen molar-refractivity contribution in [2.75, 3.05) is 6.54 Å². The predicted molar refractivity (Wildman–Crippen MR) is 137 cm³/mol. The molecule has 180 valence electrons. The zero-order valence-electron chi connectivity index (χ0n) is 20.2. The minimum Gasteiger partial charge on any atom is -0.350 e. The lowest BCUT2D eigenvalue weighted by Crippen LogP contribution is -2.64. The van der Waals surface area contributed by atoms with Crippen LogP contribution in [0.3, 0.4) is 0 Å². The highest BCUT2D eigenvalue weighted by Gasteiger charge is 2.47. The number of nitrogens with one attached hydrogen (secondary N) is 1. The average Bonchev–Trinajstić information content (AvgIpc) is 3.33. The van der Waals surface area contributed by atoms with Crippen LogP contribution in [0.2, 0.25) is 0 Å². The van der Waals surface area contributed by atoms with E-state index in [4.69, 9.17) is 5.10 Å². The molecule has 3 aromatic rings. The zero-order chi connectivity index (χ0) is 24.3. The maximum absolute atomic E-state index is 13.8. The van der Waals surface area contributed by atoms with Crippen LogP contribution in [0, 0.1) is 0 Å². The van der Waals surface area contributed by atoms with Gasteiger partial charge < -0.3 is 10.2 Å². The van der Waals surface area contributed by atoms with Gasteiger partial charge >= 0.3 is 0 Å². The topological polar surface area (TPSA) is 67.2 Å². The first-order valence-electron chi connectivity index (χ1n) is 12.5. The van der Waals surface area contributed by atoms with Crippen molar-refractivity contribution in [2.45, 2.75) is 57.7 Å². The van der Waals surface area contributed by atoms with E-state index in [1.807, 2.05) is 73.7 Å². The Morgan fingerprint density at radius 1 is 1.06 bits per heavy atom. The normalized spacial score (nSPS) is 19.7. The quantitative estimate of drug-likeness (QED) is 0.498. The number of rotatable bonds is 7. The summed E-state index contributed by atoms with van der Waals surface area (Å²) in [6.07, 6.45) is 7.71. The Labute approximate surface area is 206 Å². The summed E-state index contributed by atoms with van der Waals surface area (Å²) in [7, 11) is 0. The van der Waals surface area contributed by atoms with Crippen LogP contribution in [0.15, 0.2) is 78.4 Å². The molecule has 1 atom stereocenters. The standard InChI is InChI=1S/C29H32N4O2/c1-29(28(35)30-20-23-13-7-3-8-14-23)21-33-26(19-25(31-33)24-15-9-4-10-16-24)27(34)32(29)18-17-22-11-5-2-6-12-22/h3-4,7-11,13-16,19H,2,5-6,12,17-18,20-21H2,1H3,(H,30,35). The van der Waals surface area contributed by atoms with Crippen molar-refractivity contribution < 1.29 is 9.59 Å². The van der Waals surface area contributed by atoms with E-state index in [-0.39, 0.29) is 11.8 Å². The van der Waals surface area contributed by atoms with Crippen molar-refractivity contribution in [1.82, 2.24) is 20.0 Å². The summed E-state index contributed by atoms with van der Waals surface area (Å²) in [4.78, 5) is 29.2. The van der Waals surface area contributed by atoms with Gasteiger partial charge in [-0.05, 0) is 50.7 Å². The number of carbonyl (C=O) groups is 2. The number of aromatic nitrogens is 2. The van der Waals surface area contributed by atoms with Gasteiger partial charge in [0.2, 0.25) is 5.91 Å². The molecule has 2 amide bonds. The van der Waals surface area contributed by atoms with Gasteiger partial charge in [0.1, 0.15) is 11.2 Å². The van der Waals surface area contributed by atoms with Crippen LogP contribution in [0.1, 0.15) is 55.1 Å². The molecule has 2 aliphatic rings. The molecule has 1 aromatic heterocycles. The fourth-order valence-corrected chi connectivity index (χ4v) is 5.10. The first kappa shape index (κ1) is 23.1. The number of nitrogens with zero attached hydrogens (tertiary/aromatic N) is 3. The van der Waals surface area contributed by atoms with Gasteiger partial charge in [-0.1, -0.05) is 72.3 Å². The van der Waals surface area contributed by atoms with Crippen LogP contribution in [0.4, 0.5) is 0 Å². The molecule has 0 radical (unpaired) electrons. The number of hydrogen-bond donors (Lipinski definition) is 1. The van der Waals surface area contributed by atoms with E-state index in [0.29, 0.717) is 25.3 Å². The maximum Gasteiger partial charge on any atom is 0.273 e. The lowest BCUT2D eigenvalue weighted by Gasteiger charge is -2.43. The number of fused-ring (bicyclic) bond motifs is 1. The molecule has 5 rings (SSSR count). The second-order valence-corrected chi connectivity index (χ2v) is 9.70. The molecule has 1 unspecified atom stereocenters. The Bertz CT molecular complexity index is 1230. The molecule has 0 bridgehead atoms. The third kappa shape index (κ3) is 4.78. The largest absolute Gasteiger partial charge is 0.350 e. The molecule has 6 heteroatoms. The lowest BCUT2D eigenvalue weighted by atomic mass is 9.92. The van der Waals surface area contributed by atoms with E-state index >= 15 is 0 Å². The summed E-state index contributed by atoms with van der Waals surface area (Å²) in [6, 6.07) is 21.5. The minimum absolute atomic E-state index is 0.139. The summed E-state index contributed by atoms with van der Waals surface area (Å²) in [5.41, 5.74) is 3.62. The number of carbonyl (C=O) groups excluding carboxylic acids is 2. The van der Waals surface area contributed by atoms with E-state index in [9.17, 15) is 9.59 Å². The molecule has 1 N–H and O–H groups in total. The van der Waals surface area contributed by atoms with Gasteiger partial charge in [-0.25, -0.2) is 0 Å². The van der Waals surface area contributed by atoms with Crippen LogP contribution in [-0.4, -0.2) is 38.6 Å². The van der Waals surface area contributed by atoms with Crippen molar-refractivity contribution in [2.24, 2.45) is 0 Å². The molecule has 0 saturated heterocycles. The summed E-state index contributed by atoms with van der Waals surface area (Å²) < 4.78 is 1.71. The van der Waals surface area contributed by atoms with Crippen molar-refractivity contribution in [3.05, 3.63) is 89.6 Å². The third-order valence-electron chi connectivity index (χ3n) is 7.19. The van der Waals surface area contributed by atoms with E-state index < -0.39 is 5.54 Å². The maximum atomic E-state index is 13.8. The highest BCUT2D eigenvalue weighted by molar-refractivity contribution is 6.00. The smallest absolute Gasteiger partial charge is 0.273 e. The Hall–Kier alpha value is -3.67. The van der Waals surface area contributed by atoms with Crippen molar-refractivity contribution >= 4 is 11.8 Å². The van der Waals surface area contributed by atoms with Crippen molar-refractivity contribution in [1.29, 1.82) is 0 Å². The molecular weight excluding hydrogens is 436 g/mol. The number of hydrogen-bond acceptors (Lipinski definition) is 3. The fraction of sp³-hybridized carbons (Fsp3) is 0.345. The van der Waals surface area contributed by atoms with Crippen LogP contribution in [-0.2, 0) is 17.9 Å². The van der Waals surface area contributed by atoms with E-state index in [2.05, 4.69) is 11.4 Å². The zero-order valence-corrected chi connectivity index (χ0v) is 20.2. The van der Waals surface area contributed by atoms with Gasteiger partial charge in [0.15, 0.2) is 0 Å². The van der Waals surface area contributed by atoms with Crippen molar-refractivity contribution in [3.63, 3.8) is 0 Å². The van der Waals surface area contributed by atoms with Gasteiger partial charge in [0.05, 0.1) is 12.2 Å². The molecule has 2 aromatic carbocycles. The molecule has 35 heavy (non-hydrogen) atoms. The first-order chi connectivity index (χ1) is 17.0. The van der Waals surface area contributed by atoms with Crippen LogP contribution in [0.5, 0.6) is 0 Å². The molecule has 0 saturated carbocycles. The Balaban J connectivity index is 1.43. The number of amides is 2. The second kappa shape index (κ2) is 9.90. The molecule has 1 aliphatic carbocycles. The van der Waals surface area contributed by atoms with Crippen LogP contribution < -0.4 is 5.32 Å². The Morgan fingerprint density at radius 2 is 1.80 bits per heavy atom. The van der Waals surface area contributed by atoms with Gasteiger partial charge in [-0.2, -0.15) is 5.10 Å². The van der Waals surface area contributed by atoms with Gasteiger partial charge in [0, 0.05) is 18.7 Å². The van der Waals surface area contributed by atoms with Crippen LogP contribution >= 0.6 is 0 Å². The molecule has 0 spiro atoms. The summed E-state index contributed by atoms with van der Waals surface area (Å²) in [5.74, 6) is -0.297. The van der Waals surface area contributed by atoms with E-state index in [1.165, 1.54) is 18.4 Å². The third-order valence-corrected chi connectivity index (χ3v) is 7.19. The number of allylic oxidation sites excluding steroid dienone is 1. The molecule has 0 fully saturated rings. The van der Waals surface area contributed by atoms with Gasteiger partial charge in [-0.15, -0.1) is 0 Å². The van der Waals surface area contributed by atoms with E-state index in [0.717, 1.165) is 36.1 Å². The van der Waals surface area contributed by atoms with Gasteiger partial charge in [-0.3, -0.25) is 14.3 Å². The molecule has 6 nitrogen and oxygen atoms in total. The fourth-order valence-electron chi connectivity index (χ4n) is 5.10. The van der Waals surface area contributed by atoms with Crippen LogP contribution in [0.25, 0.3) is 11.3 Å². The summed E-state index contributed by atoms with van der Waals surface area (Å²) >= 11 is 0. The minimum atomic E-state index is -1.03. The SMILES string of the molecule is CC1(C(=O)NCc2ccccc2)Cn2nc(-c3ccccc3)cc2C(=O)N1CCC1=CCCCC1. The first-order valence-corrected chi connectivity index (χ1v) is 12.5. The second-order valence-electron chi connectivity index (χ2n) is 9.70. The summed E-state index contributed by atoms with van der Waals surface area (Å²) in [5, 5.41) is 7.81. The predicted octanol–water partition coefficient (Wildman–Crippen LogP) is 4.97. The number of benzene rings is 2. The summed E-state index contributed by atoms with van der Waals surface area (Å²) in [6.45, 7) is 3.13. The highest BCUT2D eigenvalue weighted by atomic mass is 16.2. The monoisotopic (exact) mass is 468 g/mol. The molecule has 2 heterocycles. The van der Waals surface area contributed by atoms with Crippen molar-refractivity contribution in [3.8, 4) is 11.3 Å². The average molecular weight is 469 g/mol. The molecule has 1 aliphatic heterocycles. The molecular formula is C29H32N4O2. The van der Waals surface area contributed by atoms with E-state index in [1.54, 1.807) is 9.58 Å². The Morgan fingerprint density at radius 3 is 2.51 bits per heavy atom. The lowest BCUT2D eigenvalue weighted by molar-refractivity contribution is -0.133. The van der Waals surface area contributed by atoms with Gasteiger partial charge in [0.25, 0.3) is 5.91 Å². The highest BCUT2D eigenvalue weighted by Crippen LogP contribution is 2.31.